The van der Waals surface area contributed by atoms with Crippen LogP contribution in [0.2, 0.25) is 0 Å². The molecule has 1 aromatic rings. The zero-order chi connectivity index (χ0) is 17.5. The maximum absolute atomic E-state index is 12.1. The summed E-state index contributed by atoms with van der Waals surface area (Å²) in [4.78, 5) is 25.0. The van der Waals surface area contributed by atoms with Gasteiger partial charge in [-0.15, -0.1) is 0 Å². The number of benzene rings is 1. The van der Waals surface area contributed by atoms with Crippen molar-refractivity contribution in [3.8, 4) is 5.75 Å². The van der Waals surface area contributed by atoms with Crippen LogP contribution in [0, 0.1) is 10.1 Å². The monoisotopic (exact) mass is 336 g/mol. The largest absolute Gasteiger partial charge is 0.496 e. The first kappa shape index (κ1) is 18.2. The molecule has 1 aliphatic heterocycles. The number of nitro groups is 1. The fourth-order valence-electron chi connectivity index (χ4n) is 2.86. The van der Waals surface area contributed by atoms with Crippen molar-refractivity contribution in [1.82, 2.24) is 10.2 Å². The number of nitro benzene ring substituents is 1. The van der Waals surface area contributed by atoms with Crippen molar-refractivity contribution in [3.05, 3.63) is 28.3 Å². The number of rotatable bonds is 7. The summed E-state index contributed by atoms with van der Waals surface area (Å²) in [6.45, 7) is 2.55. The molecule has 1 unspecified atom stereocenters. The van der Waals surface area contributed by atoms with Gasteiger partial charge in [-0.1, -0.05) is 0 Å². The molecule has 0 radical (unpaired) electrons. The minimum absolute atomic E-state index is 0.170. The normalized spacial score (nSPS) is 18.2. The van der Waals surface area contributed by atoms with Crippen molar-refractivity contribution in [2.75, 3.05) is 39.1 Å². The van der Waals surface area contributed by atoms with Crippen molar-refractivity contribution in [1.29, 1.82) is 0 Å². The highest BCUT2D eigenvalue weighted by molar-refractivity contribution is 5.93. The van der Waals surface area contributed by atoms with E-state index in [4.69, 9.17) is 4.74 Å². The lowest BCUT2D eigenvalue weighted by atomic mass is 10.1. The molecule has 1 amide bonds. The molecule has 2 rings (SSSR count). The number of likely N-dealkylation sites (tertiary alicyclic amines) is 1. The third kappa shape index (κ3) is 4.90. The second-order valence-corrected chi connectivity index (χ2v) is 5.87. The lowest BCUT2D eigenvalue weighted by Gasteiger charge is -2.32. The molecule has 8 heteroatoms. The van der Waals surface area contributed by atoms with Crippen LogP contribution in [0.4, 0.5) is 11.4 Å². The topological polar surface area (TPSA) is 96.7 Å². The summed E-state index contributed by atoms with van der Waals surface area (Å²) < 4.78 is 4.98. The van der Waals surface area contributed by atoms with Gasteiger partial charge in [-0.05, 0) is 38.6 Å². The summed E-state index contributed by atoms with van der Waals surface area (Å²) in [7, 11) is 3.39. The Morgan fingerprint density at radius 3 is 2.96 bits per heavy atom. The van der Waals surface area contributed by atoms with Gasteiger partial charge in [-0.25, -0.2) is 0 Å². The smallest absolute Gasteiger partial charge is 0.296 e. The van der Waals surface area contributed by atoms with Crippen LogP contribution >= 0.6 is 0 Å². The van der Waals surface area contributed by atoms with Crippen molar-refractivity contribution in [2.24, 2.45) is 0 Å². The molecule has 0 aromatic heterocycles. The van der Waals surface area contributed by atoms with Crippen molar-refractivity contribution in [2.45, 2.75) is 25.3 Å². The number of amides is 1. The van der Waals surface area contributed by atoms with Crippen LogP contribution in [-0.4, -0.2) is 55.6 Å². The van der Waals surface area contributed by atoms with E-state index in [9.17, 15) is 14.9 Å². The number of nitrogens with zero attached hydrogens (tertiary/aromatic N) is 2. The molecule has 0 spiro atoms. The fraction of sp³-hybridized carbons (Fsp3) is 0.562. The van der Waals surface area contributed by atoms with Crippen LogP contribution in [0.1, 0.15) is 19.3 Å². The third-order valence-electron chi connectivity index (χ3n) is 4.24. The molecule has 1 saturated heterocycles. The number of methoxy groups -OCH3 is 1. The first-order chi connectivity index (χ1) is 11.5. The molecular weight excluding hydrogens is 312 g/mol. The highest BCUT2D eigenvalue weighted by atomic mass is 16.6. The molecule has 1 atom stereocenters. The quantitative estimate of drug-likeness (QED) is 0.580. The van der Waals surface area contributed by atoms with Gasteiger partial charge in [0.1, 0.15) is 11.4 Å². The molecule has 2 N–H and O–H groups in total. The number of anilines is 1. The Hall–Kier alpha value is -2.19. The number of likely N-dealkylation sites (N-methyl/N-ethyl adjacent to an activating group) is 1. The van der Waals surface area contributed by atoms with Crippen LogP contribution in [0.15, 0.2) is 18.2 Å². The summed E-state index contributed by atoms with van der Waals surface area (Å²) in [5.74, 6) is 0.154. The number of nitrogens with one attached hydrogen (secondary N) is 2. The summed E-state index contributed by atoms with van der Waals surface area (Å²) >= 11 is 0. The summed E-state index contributed by atoms with van der Waals surface area (Å²) in [5.41, 5.74) is 0.0217. The maximum atomic E-state index is 12.1. The number of ether oxygens (including phenoxy) is 1. The molecule has 24 heavy (non-hydrogen) atoms. The van der Waals surface area contributed by atoms with E-state index in [1.165, 1.54) is 19.2 Å². The van der Waals surface area contributed by atoms with Crippen molar-refractivity contribution >= 4 is 17.3 Å². The minimum atomic E-state index is -0.527. The zero-order valence-electron chi connectivity index (χ0n) is 14.1. The van der Waals surface area contributed by atoms with E-state index in [2.05, 4.69) is 15.5 Å². The lowest BCUT2D eigenvalue weighted by Crippen LogP contribution is -2.45. The Balaban J connectivity index is 1.91. The number of piperidine rings is 1. The Morgan fingerprint density at radius 1 is 1.50 bits per heavy atom. The van der Waals surface area contributed by atoms with Gasteiger partial charge in [0.15, 0.2) is 0 Å². The predicted molar refractivity (Wildman–Crippen MR) is 91.4 cm³/mol. The first-order valence-electron chi connectivity index (χ1n) is 8.05. The molecule has 1 aliphatic rings. The summed E-state index contributed by atoms with van der Waals surface area (Å²) in [6, 6.07) is 4.85. The maximum Gasteiger partial charge on any atom is 0.296 e. The number of hydrogen-bond acceptors (Lipinski definition) is 6. The van der Waals surface area contributed by atoms with E-state index < -0.39 is 4.92 Å². The molecule has 1 aromatic carbocycles. The molecule has 8 nitrogen and oxygen atoms in total. The highest BCUT2D eigenvalue weighted by Crippen LogP contribution is 2.29. The lowest BCUT2D eigenvalue weighted by molar-refractivity contribution is -0.384. The van der Waals surface area contributed by atoms with Gasteiger partial charge in [-0.2, -0.15) is 0 Å². The van der Waals surface area contributed by atoms with Crippen LogP contribution in [-0.2, 0) is 4.79 Å². The first-order valence-corrected chi connectivity index (χ1v) is 8.05. The Morgan fingerprint density at radius 2 is 2.29 bits per heavy atom. The van der Waals surface area contributed by atoms with E-state index in [-0.39, 0.29) is 17.3 Å². The third-order valence-corrected chi connectivity index (χ3v) is 4.24. The van der Waals surface area contributed by atoms with E-state index in [1.807, 2.05) is 7.05 Å². The molecule has 0 aliphatic carbocycles. The van der Waals surface area contributed by atoms with Crippen LogP contribution < -0.4 is 15.4 Å². The Bertz CT molecular complexity index is 593. The second kappa shape index (κ2) is 8.60. The molecule has 0 saturated carbocycles. The van der Waals surface area contributed by atoms with Gasteiger partial charge in [-0.3, -0.25) is 14.9 Å². The second-order valence-electron chi connectivity index (χ2n) is 5.87. The van der Waals surface area contributed by atoms with E-state index >= 15 is 0 Å². The predicted octanol–water partition coefficient (Wildman–Crippen LogP) is 1.62. The molecule has 1 fully saturated rings. The zero-order valence-corrected chi connectivity index (χ0v) is 14.1. The SMILES string of the molecule is CNC1CCCN(CCC(=O)Nc2ccc(OC)cc2[N+](=O)[O-])C1. The number of carbonyl (C=O) groups is 1. The molecule has 132 valence electrons. The van der Waals surface area contributed by atoms with Gasteiger partial charge >= 0.3 is 0 Å². The summed E-state index contributed by atoms with van der Waals surface area (Å²) in [6.07, 6.45) is 2.56. The molecular formula is C16H24N4O4. The average Bonchev–Trinajstić information content (AvgIpc) is 2.60. The molecule has 0 bridgehead atoms. The summed E-state index contributed by atoms with van der Waals surface area (Å²) in [5, 5.41) is 17.0. The number of hydrogen-bond donors (Lipinski definition) is 2. The van der Waals surface area contributed by atoms with Gasteiger partial charge in [0.25, 0.3) is 5.69 Å². The van der Waals surface area contributed by atoms with Gasteiger partial charge in [0, 0.05) is 25.6 Å². The van der Waals surface area contributed by atoms with Gasteiger partial charge < -0.3 is 20.3 Å². The highest BCUT2D eigenvalue weighted by Gasteiger charge is 2.20. The van der Waals surface area contributed by atoms with Crippen molar-refractivity contribution in [3.63, 3.8) is 0 Å². The van der Waals surface area contributed by atoms with E-state index in [1.54, 1.807) is 6.07 Å². The molecule has 1 heterocycles. The van der Waals surface area contributed by atoms with Crippen LogP contribution in [0.3, 0.4) is 0 Å². The van der Waals surface area contributed by atoms with E-state index in [0.717, 1.165) is 25.9 Å². The fourth-order valence-corrected chi connectivity index (χ4v) is 2.86. The standard InChI is InChI=1S/C16H24N4O4/c1-17-12-4-3-8-19(11-12)9-7-16(21)18-14-6-5-13(24-2)10-15(14)20(22)23/h5-6,10,12,17H,3-4,7-9,11H2,1-2H3,(H,18,21). The van der Waals surface area contributed by atoms with Gasteiger partial charge in [0.2, 0.25) is 5.91 Å². The van der Waals surface area contributed by atoms with Gasteiger partial charge in [0.05, 0.1) is 18.1 Å². The van der Waals surface area contributed by atoms with Crippen LogP contribution in [0.25, 0.3) is 0 Å². The minimum Gasteiger partial charge on any atom is -0.496 e. The Kier molecular flexibility index (Phi) is 6.51. The van der Waals surface area contributed by atoms with Crippen molar-refractivity contribution < 1.29 is 14.5 Å². The van der Waals surface area contributed by atoms with E-state index in [0.29, 0.717) is 24.8 Å². The number of carbonyl (C=O) groups excluding carboxylic acids is 1. The van der Waals surface area contributed by atoms with Crippen LogP contribution in [0.5, 0.6) is 5.75 Å². The Labute approximate surface area is 141 Å². The average molecular weight is 336 g/mol.